The fourth-order valence-electron chi connectivity index (χ4n) is 6.25. The van der Waals surface area contributed by atoms with Gasteiger partial charge in [-0.15, -0.1) is 0 Å². The van der Waals surface area contributed by atoms with Gasteiger partial charge in [0.1, 0.15) is 5.75 Å². The predicted octanol–water partition coefficient (Wildman–Crippen LogP) is 3.99. The normalized spacial score (nSPS) is 40.5. The lowest BCUT2D eigenvalue weighted by Crippen LogP contribution is -2.51. The van der Waals surface area contributed by atoms with E-state index in [0.717, 1.165) is 29.9 Å². The van der Waals surface area contributed by atoms with E-state index in [1.165, 1.54) is 37.7 Å². The van der Waals surface area contributed by atoms with Crippen LogP contribution in [0, 0.1) is 23.2 Å². The summed E-state index contributed by atoms with van der Waals surface area (Å²) in [5.74, 6) is 4.29. The maximum absolute atomic E-state index is 9.67. The van der Waals surface area contributed by atoms with Crippen LogP contribution in [0.3, 0.4) is 0 Å². The molecular weight excluding hydrogens is 260 g/mol. The molecule has 0 aliphatic heterocycles. The van der Waals surface area contributed by atoms with Crippen molar-refractivity contribution in [3.8, 4) is 5.75 Å². The SMILES string of the molecule is COc1cccc(C2C3CC4CC(C3)CC2(CCO)C4)c1. The van der Waals surface area contributed by atoms with E-state index >= 15 is 0 Å². The molecule has 4 aliphatic carbocycles. The van der Waals surface area contributed by atoms with Crippen molar-refractivity contribution in [1.82, 2.24) is 0 Å². The average molecular weight is 286 g/mol. The van der Waals surface area contributed by atoms with Crippen molar-refractivity contribution >= 4 is 0 Å². The van der Waals surface area contributed by atoms with E-state index in [1.807, 2.05) is 6.07 Å². The molecule has 0 saturated heterocycles. The molecule has 4 fully saturated rings. The van der Waals surface area contributed by atoms with Gasteiger partial charge in [0.2, 0.25) is 0 Å². The van der Waals surface area contributed by atoms with Crippen molar-refractivity contribution in [2.24, 2.45) is 23.2 Å². The topological polar surface area (TPSA) is 29.5 Å². The van der Waals surface area contributed by atoms with Gasteiger partial charge in [-0.05, 0) is 85.3 Å². The molecule has 2 heteroatoms. The summed E-state index contributed by atoms with van der Waals surface area (Å²) in [5.41, 5.74) is 1.81. The van der Waals surface area contributed by atoms with Crippen molar-refractivity contribution in [3.05, 3.63) is 29.8 Å². The Balaban J connectivity index is 1.74. The first-order chi connectivity index (χ1) is 10.2. The maximum atomic E-state index is 9.67. The summed E-state index contributed by atoms with van der Waals surface area (Å²) in [7, 11) is 1.75. The standard InChI is InChI=1S/C19H26O2/c1-21-17-4-2-3-15(10-17)18-16-8-13-7-14(9-16)12-19(18,11-13)5-6-20/h2-4,10,13-14,16,18,20H,5-9,11-12H2,1H3. The van der Waals surface area contributed by atoms with Gasteiger partial charge in [-0.3, -0.25) is 0 Å². The van der Waals surface area contributed by atoms with Gasteiger partial charge in [0.05, 0.1) is 7.11 Å². The smallest absolute Gasteiger partial charge is 0.119 e. The number of ether oxygens (including phenoxy) is 1. The van der Waals surface area contributed by atoms with Crippen molar-refractivity contribution in [1.29, 1.82) is 0 Å². The fourth-order valence-corrected chi connectivity index (χ4v) is 6.25. The molecule has 1 N–H and O–H groups in total. The first-order valence-corrected chi connectivity index (χ1v) is 8.49. The van der Waals surface area contributed by atoms with E-state index in [4.69, 9.17) is 4.74 Å². The predicted molar refractivity (Wildman–Crippen MR) is 83.4 cm³/mol. The number of aliphatic hydroxyl groups excluding tert-OH is 1. The Labute approximate surface area is 127 Å². The second-order valence-corrected chi connectivity index (χ2v) is 7.70. The molecule has 1 aromatic rings. The molecule has 4 saturated carbocycles. The minimum Gasteiger partial charge on any atom is -0.497 e. The fraction of sp³-hybridized carbons (Fsp3) is 0.684. The minimum atomic E-state index is 0.340. The summed E-state index contributed by atoms with van der Waals surface area (Å²) in [6.45, 7) is 0.340. The van der Waals surface area contributed by atoms with Crippen molar-refractivity contribution in [2.75, 3.05) is 13.7 Å². The molecule has 3 unspecified atom stereocenters. The number of benzene rings is 1. The number of rotatable bonds is 4. The molecule has 0 spiro atoms. The van der Waals surface area contributed by atoms with Gasteiger partial charge < -0.3 is 9.84 Å². The molecule has 1 aromatic carbocycles. The molecule has 2 nitrogen and oxygen atoms in total. The Morgan fingerprint density at radius 1 is 1.19 bits per heavy atom. The van der Waals surface area contributed by atoms with E-state index < -0.39 is 0 Å². The number of methoxy groups -OCH3 is 1. The molecule has 5 rings (SSSR count). The summed E-state index contributed by atoms with van der Waals surface area (Å²) < 4.78 is 5.44. The summed E-state index contributed by atoms with van der Waals surface area (Å²) >= 11 is 0. The van der Waals surface area contributed by atoms with E-state index in [-0.39, 0.29) is 0 Å². The summed E-state index contributed by atoms with van der Waals surface area (Å²) in [5, 5.41) is 9.67. The third-order valence-electron chi connectivity index (χ3n) is 6.52. The van der Waals surface area contributed by atoms with Crippen molar-refractivity contribution in [3.63, 3.8) is 0 Å². The molecule has 0 heterocycles. The zero-order valence-corrected chi connectivity index (χ0v) is 12.9. The molecule has 114 valence electrons. The quantitative estimate of drug-likeness (QED) is 0.907. The molecule has 21 heavy (non-hydrogen) atoms. The summed E-state index contributed by atoms with van der Waals surface area (Å²) in [6, 6.07) is 8.70. The molecule has 0 radical (unpaired) electrons. The van der Waals surface area contributed by atoms with E-state index in [9.17, 15) is 5.11 Å². The minimum absolute atomic E-state index is 0.340. The summed E-state index contributed by atoms with van der Waals surface area (Å²) in [4.78, 5) is 0. The van der Waals surface area contributed by atoms with E-state index in [2.05, 4.69) is 18.2 Å². The van der Waals surface area contributed by atoms with Gasteiger partial charge in [-0.2, -0.15) is 0 Å². The Hall–Kier alpha value is -1.02. The average Bonchev–Trinajstić information content (AvgIpc) is 2.46. The first-order valence-electron chi connectivity index (χ1n) is 8.49. The van der Waals surface area contributed by atoms with Crippen LogP contribution in [0.4, 0.5) is 0 Å². The van der Waals surface area contributed by atoms with Crippen molar-refractivity contribution < 1.29 is 9.84 Å². The Morgan fingerprint density at radius 2 is 1.95 bits per heavy atom. The third-order valence-corrected chi connectivity index (χ3v) is 6.52. The maximum Gasteiger partial charge on any atom is 0.119 e. The highest BCUT2D eigenvalue weighted by atomic mass is 16.5. The third kappa shape index (κ3) is 2.11. The van der Waals surface area contributed by atoms with Gasteiger partial charge >= 0.3 is 0 Å². The molecule has 0 amide bonds. The number of hydrogen-bond acceptors (Lipinski definition) is 2. The Kier molecular flexibility index (Phi) is 3.25. The monoisotopic (exact) mass is 286 g/mol. The Bertz CT molecular complexity index is 510. The first kappa shape index (κ1) is 13.6. The molecule has 0 aromatic heterocycles. The van der Waals surface area contributed by atoms with Crippen LogP contribution in [0.15, 0.2) is 24.3 Å². The van der Waals surface area contributed by atoms with E-state index in [1.54, 1.807) is 7.11 Å². The van der Waals surface area contributed by atoms with Crippen LogP contribution in [-0.4, -0.2) is 18.8 Å². The zero-order valence-electron chi connectivity index (χ0n) is 12.9. The lowest BCUT2D eigenvalue weighted by atomic mass is 9.43. The summed E-state index contributed by atoms with van der Waals surface area (Å²) in [6.07, 6.45) is 7.93. The molecule has 4 bridgehead atoms. The second kappa shape index (κ2) is 5.01. The van der Waals surface area contributed by atoms with Gasteiger partial charge in [0, 0.05) is 6.61 Å². The van der Waals surface area contributed by atoms with Gasteiger partial charge in [0.15, 0.2) is 0 Å². The van der Waals surface area contributed by atoms with E-state index in [0.29, 0.717) is 17.9 Å². The highest BCUT2D eigenvalue weighted by Crippen LogP contribution is 2.67. The largest absolute Gasteiger partial charge is 0.497 e. The highest BCUT2D eigenvalue weighted by Gasteiger charge is 2.56. The molecular formula is C19H26O2. The lowest BCUT2D eigenvalue weighted by Gasteiger charge is -2.61. The Morgan fingerprint density at radius 3 is 2.62 bits per heavy atom. The van der Waals surface area contributed by atoms with Crippen LogP contribution in [-0.2, 0) is 0 Å². The number of aliphatic hydroxyl groups is 1. The molecule has 4 aliphatic rings. The zero-order chi connectivity index (χ0) is 14.4. The van der Waals surface area contributed by atoms with Crippen molar-refractivity contribution in [2.45, 2.75) is 44.4 Å². The van der Waals surface area contributed by atoms with Crippen LogP contribution < -0.4 is 4.74 Å². The van der Waals surface area contributed by atoms with Crippen LogP contribution in [0.1, 0.15) is 50.0 Å². The van der Waals surface area contributed by atoms with Crippen LogP contribution in [0.25, 0.3) is 0 Å². The highest BCUT2D eigenvalue weighted by molar-refractivity contribution is 5.34. The van der Waals surface area contributed by atoms with Crippen LogP contribution >= 0.6 is 0 Å². The molecule has 3 atom stereocenters. The second-order valence-electron chi connectivity index (χ2n) is 7.70. The van der Waals surface area contributed by atoms with Gasteiger partial charge in [-0.1, -0.05) is 12.1 Å². The van der Waals surface area contributed by atoms with Gasteiger partial charge in [0.25, 0.3) is 0 Å². The van der Waals surface area contributed by atoms with Crippen LogP contribution in [0.5, 0.6) is 5.75 Å². The number of hydrogen-bond donors (Lipinski definition) is 1. The lowest BCUT2D eigenvalue weighted by molar-refractivity contribution is -0.0858. The van der Waals surface area contributed by atoms with Gasteiger partial charge in [-0.25, -0.2) is 0 Å². The van der Waals surface area contributed by atoms with Crippen LogP contribution in [0.2, 0.25) is 0 Å².